The van der Waals surface area contributed by atoms with E-state index in [1.807, 2.05) is 0 Å². The van der Waals surface area contributed by atoms with E-state index in [1.165, 1.54) is 55.2 Å². The van der Waals surface area contributed by atoms with E-state index in [-0.39, 0.29) is 0 Å². The first-order valence-corrected chi connectivity index (χ1v) is 8.92. The van der Waals surface area contributed by atoms with E-state index < -0.39 is 0 Å². The number of hydrogen-bond donors (Lipinski definition) is 1. The average molecular weight is 298 g/mol. The predicted molar refractivity (Wildman–Crippen MR) is 87.9 cm³/mol. The number of rotatable bonds is 2. The van der Waals surface area contributed by atoms with Gasteiger partial charge in [0.05, 0.1) is 6.42 Å². The van der Waals surface area contributed by atoms with Crippen LogP contribution in [0.3, 0.4) is 0 Å². The second-order valence-electron chi connectivity index (χ2n) is 7.25. The summed E-state index contributed by atoms with van der Waals surface area (Å²) in [5, 5.41) is 3.65. The molecule has 3 heteroatoms. The molecule has 1 aliphatic carbocycles. The van der Waals surface area contributed by atoms with Crippen LogP contribution in [0.2, 0.25) is 0 Å². The van der Waals surface area contributed by atoms with Crippen molar-refractivity contribution in [1.82, 2.24) is 10.2 Å². The van der Waals surface area contributed by atoms with Gasteiger partial charge in [0.2, 0.25) is 5.91 Å². The summed E-state index contributed by atoms with van der Waals surface area (Å²) >= 11 is 0. The highest BCUT2D eigenvalue weighted by Crippen LogP contribution is 2.24. The number of likely N-dealkylation sites (tertiary alicyclic amines) is 1. The average Bonchev–Trinajstić information content (AvgIpc) is 2.86. The smallest absolute Gasteiger partial charge is 0.227 e. The molecular formula is C19H26N2O. The van der Waals surface area contributed by atoms with Crippen molar-refractivity contribution in [3.63, 3.8) is 0 Å². The van der Waals surface area contributed by atoms with Crippen molar-refractivity contribution in [1.29, 1.82) is 0 Å². The fraction of sp³-hybridized carbons (Fsp3) is 0.632. The summed E-state index contributed by atoms with van der Waals surface area (Å²) in [6.45, 7) is 1.83. The molecule has 0 aromatic heterocycles. The summed E-state index contributed by atoms with van der Waals surface area (Å²) in [6.07, 6.45) is 9.22. The lowest BCUT2D eigenvalue weighted by atomic mass is 9.90. The number of nitrogens with one attached hydrogen (secondary N) is 1. The first-order valence-electron chi connectivity index (χ1n) is 8.92. The largest absolute Gasteiger partial charge is 0.341 e. The molecule has 2 heterocycles. The third kappa shape index (κ3) is 2.91. The number of hydrogen-bond acceptors (Lipinski definition) is 2. The Morgan fingerprint density at radius 1 is 1.09 bits per heavy atom. The SMILES string of the molecule is O=C(Cc1ccc2c(c1)CCCC2)N1CCC2CCC(C1)N2. The zero-order valence-corrected chi connectivity index (χ0v) is 13.3. The zero-order chi connectivity index (χ0) is 14.9. The minimum Gasteiger partial charge on any atom is -0.341 e. The summed E-state index contributed by atoms with van der Waals surface area (Å²) in [5.74, 6) is 0.310. The Morgan fingerprint density at radius 3 is 2.82 bits per heavy atom. The lowest BCUT2D eigenvalue weighted by Gasteiger charge is -2.24. The van der Waals surface area contributed by atoms with Gasteiger partial charge in [-0.25, -0.2) is 0 Å². The number of amides is 1. The molecule has 1 aromatic carbocycles. The van der Waals surface area contributed by atoms with Gasteiger partial charge in [-0.05, 0) is 61.6 Å². The molecule has 22 heavy (non-hydrogen) atoms. The van der Waals surface area contributed by atoms with Crippen LogP contribution in [-0.4, -0.2) is 36.0 Å². The highest BCUT2D eigenvalue weighted by atomic mass is 16.2. The van der Waals surface area contributed by atoms with Gasteiger partial charge in [-0.1, -0.05) is 18.2 Å². The number of benzene rings is 1. The molecule has 118 valence electrons. The van der Waals surface area contributed by atoms with Crippen LogP contribution in [0.25, 0.3) is 0 Å². The summed E-state index contributed by atoms with van der Waals surface area (Å²) < 4.78 is 0. The van der Waals surface area contributed by atoms with E-state index in [0.717, 1.165) is 19.5 Å². The van der Waals surface area contributed by atoms with Crippen molar-refractivity contribution in [2.75, 3.05) is 13.1 Å². The molecule has 1 N–H and O–H groups in total. The van der Waals surface area contributed by atoms with Crippen LogP contribution in [0, 0.1) is 0 Å². The van der Waals surface area contributed by atoms with E-state index in [9.17, 15) is 4.79 Å². The summed E-state index contributed by atoms with van der Waals surface area (Å²) in [7, 11) is 0. The Bertz CT molecular complexity index is 569. The zero-order valence-electron chi connectivity index (χ0n) is 13.3. The van der Waals surface area contributed by atoms with Gasteiger partial charge in [0.15, 0.2) is 0 Å². The maximum atomic E-state index is 12.7. The molecule has 3 aliphatic rings. The molecule has 2 atom stereocenters. The van der Waals surface area contributed by atoms with Crippen LogP contribution in [0.1, 0.15) is 48.8 Å². The van der Waals surface area contributed by atoms with Crippen molar-refractivity contribution >= 4 is 5.91 Å². The number of fused-ring (bicyclic) bond motifs is 3. The molecule has 0 spiro atoms. The lowest BCUT2D eigenvalue weighted by Crippen LogP contribution is -2.39. The molecule has 2 saturated heterocycles. The van der Waals surface area contributed by atoms with E-state index in [2.05, 4.69) is 28.4 Å². The molecule has 4 rings (SSSR count). The summed E-state index contributed by atoms with van der Waals surface area (Å²) in [6, 6.07) is 7.88. The molecule has 1 aromatic rings. The number of carbonyl (C=O) groups is 1. The van der Waals surface area contributed by atoms with E-state index in [1.54, 1.807) is 0 Å². The fourth-order valence-corrected chi connectivity index (χ4v) is 4.35. The first kappa shape index (κ1) is 14.3. The molecule has 2 bridgehead atoms. The quantitative estimate of drug-likeness (QED) is 0.909. The van der Waals surface area contributed by atoms with Gasteiger partial charge in [-0.3, -0.25) is 4.79 Å². The molecule has 0 saturated carbocycles. The van der Waals surface area contributed by atoms with Crippen LogP contribution in [-0.2, 0) is 24.1 Å². The summed E-state index contributed by atoms with van der Waals surface area (Å²) in [4.78, 5) is 14.8. The summed E-state index contributed by atoms with van der Waals surface area (Å²) in [5.41, 5.74) is 4.18. The number of aryl methyl sites for hydroxylation is 2. The topological polar surface area (TPSA) is 32.3 Å². The Hall–Kier alpha value is -1.35. The maximum Gasteiger partial charge on any atom is 0.227 e. The van der Waals surface area contributed by atoms with E-state index in [4.69, 9.17) is 0 Å². The van der Waals surface area contributed by atoms with Crippen LogP contribution < -0.4 is 5.32 Å². The number of carbonyl (C=O) groups excluding carboxylic acids is 1. The van der Waals surface area contributed by atoms with Crippen LogP contribution in [0.5, 0.6) is 0 Å². The first-order chi connectivity index (χ1) is 10.8. The normalized spacial score (nSPS) is 27.4. The van der Waals surface area contributed by atoms with Gasteiger partial charge in [0.1, 0.15) is 0 Å². The lowest BCUT2D eigenvalue weighted by molar-refractivity contribution is -0.130. The van der Waals surface area contributed by atoms with Crippen molar-refractivity contribution in [3.8, 4) is 0 Å². The second kappa shape index (κ2) is 6.04. The van der Waals surface area contributed by atoms with Crippen molar-refractivity contribution in [3.05, 3.63) is 34.9 Å². The van der Waals surface area contributed by atoms with E-state index in [0.29, 0.717) is 24.4 Å². The Balaban J connectivity index is 1.43. The van der Waals surface area contributed by atoms with Crippen molar-refractivity contribution in [2.45, 2.75) is 63.5 Å². The highest BCUT2D eigenvalue weighted by molar-refractivity contribution is 5.79. The molecule has 2 fully saturated rings. The molecule has 2 unspecified atom stereocenters. The minimum atomic E-state index is 0.310. The van der Waals surface area contributed by atoms with Gasteiger partial charge in [-0.15, -0.1) is 0 Å². The molecule has 0 radical (unpaired) electrons. The standard InChI is InChI=1S/C19H26N2O/c22-19(21-10-9-17-7-8-18(13-21)20-17)12-14-5-6-15-3-1-2-4-16(15)11-14/h5-6,11,17-18,20H,1-4,7-10,12-13H2. The van der Waals surface area contributed by atoms with Gasteiger partial charge in [0, 0.05) is 25.2 Å². The van der Waals surface area contributed by atoms with E-state index >= 15 is 0 Å². The Morgan fingerprint density at radius 2 is 1.91 bits per heavy atom. The third-order valence-corrected chi connectivity index (χ3v) is 5.64. The molecular weight excluding hydrogens is 272 g/mol. The van der Waals surface area contributed by atoms with Gasteiger partial charge < -0.3 is 10.2 Å². The minimum absolute atomic E-state index is 0.310. The monoisotopic (exact) mass is 298 g/mol. The third-order valence-electron chi connectivity index (χ3n) is 5.64. The van der Waals surface area contributed by atoms with Crippen LogP contribution in [0.15, 0.2) is 18.2 Å². The highest BCUT2D eigenvalue weighted by Gasteiger charge is 2.31. The van der Waals surface area contributed by atoms with Gasteiger partial charge in [0.25, 0.3) is 0 Å². The second-order valence-corrected chi connectivity index (χ2v) is 7.25. The van der Waals surface area contributed by atoms with Crippen molar-refractivity contribution in [2.24, 2.45) is 0 Å². The van der Waals surface area contributed by atoms with Gasteiger partial charge >= 0.3 is 0 Å². The Kier molecular flexibility index (Phi) is 3.91. The van der Waals surface area contributed by atoms with Gasteiger partial charge in [-0.2, -0.15) is 0 Å². The maximum absolute atomic E-state index is 12.7. The predicted octanol–water partition coefficient (Wildman–Crippen LogP) is 2.46. The van der Waals surface area contributed by atoms with Crippen molar-refractivity contribution < 1.29 is 4.79 Å². The molecule has 2 aliphatic heterocycles. The Labute approximate surface area is 133 Å². The van der Waals surface area contributed by atoms with Crippen LogP contribution in [0.4, 0.5) is 0 Å². The molecule has 3 nitrogen and oxygen atoms in total. The fourth-order valence-electron chi connectivity index (χ4n) is 4.35. The molecule has 1 amide bonds. The van der Waals surface area contributed by atoms with Crippen LogP contribution >= 0.6 is 0 Å². The number of nitrogens with zero attached hydrogens (tertiary/aromatic N) is 1.